The number of esters is 1. The first-order valence-electron chi connectivity index (χ1n) is 6.44. The van der Waals surface area contributed by atoms with E-state index in [1.165, 1.54) is 0 Å². The number of primary amides is 1. The standard InChI is InChI=1S/C16H16N2O3/c17-14-4-2-1-3-13(14)9-15(19)21-10-11-5-7-12(8-6-11)16(18)20/h1-8H,9-10,17H2,(H2,18,20). The van der Waals surface area contributed by atoms with E-state index in [9.17, 15) is 9.59 Å². The molecule has 2 aromatic carbocycles. The summed E-state index contributed by atoms with van der Waals surface area (Å²) in [6, 6.07) is 13.8. The molecule has 2 rings (SSSR count). The Morgan fingerprint density at radius 1 is 1.00 bits per heavy atom. The van der Waals surface area contributed by atoms with Gasteiger partial charge in [0.15, 0.2) is 0 Å². The van der Waals surface area contributed by atoms with Crippen molar-refractivity contribution < 1.29 is 14.3 Å². The lowest BCUT2D eigenvalue weighted by atomic mass is 10.1. The fourth-order valence-electron chi connectivity index (χ4n) is 1.83. The predicted molar refractivity (Wildman–Crippen MR) is 79.3 cm³/mol. The molecule has 1 amide bonds. The SMILES string of the molecule is NC(=O)c1ccc(COC(=O)Cc2ccccc2N)cc1. The van der Waals surface area contributed by atoms with Gasteiger partial charge < -0.3 is 16.2 Å². The van der Waals surface area contributed by atoms with Gasteiger partial charge in [0.1, 0.15) is 6.61 Å². The van der Waals surface area contributed by atoms with E-state index in [-0.39, 0.29) is 19.0 Å². The Kier molecular flexibility index (Phi) is 4.56. The molecule has 5 heteroatoms. The Morgan fingerprint density at radius 2 is 1.67 bits per heavy atom. The van der Waals surface area contributed by atoms with Gasteiger partial charge in [-0.15, -0.1) is 0 Å². The average Bonchev–Trinajstić information content (AvgIpc) is 2.48. The van der Waals surface area contributed by atoms with Crippen molar-refractivity contribution >= 4 is 17.6 Å². The zero-order valence-corrected chi connectivity index (χ0v) is 11.4. The van der Waals surface area contributed by atoms with Gasteiger partial charge in [-0.25, -0.2) is 0 Å². The van der Waals surface area contributed by atoms with Crippen LogP contribution in [0.5, 0.6) is 0 Å². The Labute approximate surface area is 122 Å². The number of nitrogens with two attached hydrogens (primary N) is 2. The molecule has 0 heterocycles. The molecule has 0 saturated heterocycles. The third kappa shape index (κ3) is 4.07. The maximum Gasteiger partial charge on any atom is 0.310 e. The Balaban J connectivity index is 1.89. The summed E-state index contributed by atoms with van der Waals surface area (Å²) >= 11 is 0. The first kappa shape index (κ1) is 14.6. The van der Waals surface area contributed by atoms with Crippen molar-refractivity contribution in [3.63, 3.8) is 0 Å². The van der Waals surface area contributed by atoms with Gasteiger partial charge in [0.2, 0.25) is 5.91 Å². The van der Waals surface area contributed by atoms with Crippen LogP contribution in [-0.2, 0) is 22.6 Å². The summed E-state index contributed by atoms with van der Waals surface area (Å²) in [5, 5.41) is 0. The molecule has 5 nitrogen and oxygen atoms in total. The van der Waals surface area contributed by atoms with E-state index in [0.29, 0.717) is 11.3 Å². The normalized spacial score (nSPS) is 10.1. The first-order valence-corrected chi connectivity index (χ1v) is 6.44. The number of hydrogen-bond acceptors (Lipinski definition) is 4. The van der Waals surface area contributed by atoms with Crippen molar-refractivity contribution in [1.82, 2.24) is 0 Å². The second kappa shape index (κ2) is 6.56. The second-order valence-corrected chi connectivity index (χ2v) is 4.60. The zero-order valence-electron chi connectivity index (χ0n) is 11.4. The molecule has 0 aromatic heterocycles. The minimum Gasteiger partial charge on any atom is -0.461 e. The largest absolute Gasteiger partial charge is 0.461 e. The summed E-state index contributed by atoms with van der Waals surface area (Å²) in [5.74, 6) is -0.843. The monoisotopic (exact) mass is 284 g/mol. The van der Waals surface area contributed by atoms with Crippen LogP contribution < -0.4 is 11.5 Å². The van der Waals surface area contributed by atoms with Crippen molar-refractivity contribution in [2.24, 2.45) is 5.73 Å². The van der Waals surface area contributed by atoms with Crippen molar-refractivity contribution in [2.45, 2.75) is 13.0 Å². The van der Waals surface area contributed by atoms with Gasteiger partial charge in [-0.3, -0.25) is 9.59 Å². The van der Waals surface area contributed by atoms with E-state index < -0.39 is 5.91 Å². The van der Waals surface area contributed by atoms with Crippen molar-refractivity contribution in [3.05, 3.63) is 65.2 Å². The molecule has 0 fully saturated rings. The number of carbonyl (C=O) groups excluding carboxylic acids is 2. The van der Waals surface area contributed by atoms with E-state index in [1.54, 1.807) is 36.4 Å². The van der Waals surface area contributed by atoms with Gasteiger partial charge in [0.05, 0.1) is 6.42 Å². The summed E-state index contributed by atoms with van der Waals surface area (Å²) in [6.07, 6.45) is 0.131. The summed E-state index contributed by atoms with van der Waals surface area (Å²) < 4.78 is 5.18. The highest BCUT2D eigenvalue weighted by molar-refractivity contribution is 5.92. The molecule has 0 unspecified atom stereocenters. The van der Waals surface area contributed by atoms with Crippen molar-refractivity contribution in [1.29, 1.82) is 0 Å². The summed E-state index contributed by atoms with van der Waals surface area (Å²) in [7, 11) is 0. The maximum absolute atomic E-state index is 11.8. The Morgan fingerprint density at radius 3 is 2.29 bits per heavy atom. The fourth-order valence-corrected chi connectivity index (χ4v) is 1.83. The molecule has 4 N–H and O–H groups in total. The van der Waals surface area contributed by atoms with E-state index >= 15 is 0 Å². The molecule has 2 aromatic rings. The topological polar surface area (TPSA) is 95.4 Å². The van der Waals surface area contributed by atoms with E-state index in [1.807, 2.05) is 12.1 Å². The first-order chi connectivity index (χ1) is 10.1. The Bertz CT molecular complexity index is 651. The second-order valence-electron chi connectivity index (χ2n) is 4.60. The van der Waals surface area contributed by atoms with Gasteiger partial charge in [-0.2, -0.15) is 0 Å². The van der Waals surface area contributed by atoms with Gasteiger partial charge in [0, 0.05) is 11.3 Å². The van der Waals surface area contributed by atoms with Crippen LogP contribution in [0, 0.1) is 0 Å². The summed E-state index contributed by atoms with van der Waals surface area (Å²) in [6.45, 7) is 0.143. The van der Waals surface area contributed by atoms with E-state index in [4.69, 9.17) is 16.2 Å². The molecule has 0 aliphatic heterocycles. The molecule has 108 valence electrons. The number of para-hydroxylation sites is 1. The lowest BCUT2D eigenvalue weighted by Gasteiger charge is -2.07. The van der Waals surface area contributed by atoms with E-state index in [2.05, 4.69) is 0 Å². The van der Waals surface area contributed by atoms with Crippen LogP contribution in [0.25, 0.3) is 0 Å². The van der Waals surface area contributed by atoms with Gasteiger partial charge in [-0.05, 0) is 29.3 Å². The number of amides is 1. The maximum atomic E-state index is 11.8. The highest BCUT2D eigenvalue weighted by atomic mass is 16.5. The summed E-state index contributed by atoms with van der Waals surface area (Å²) in [5.41, 5.74) is 13.4. The molecule has 0 atom stereocenters. The number of carbonyl (C=O) groups is 2. The minimum atomic E-state index is -0.488. The number of anilines is 1. The highest BCUT2D eigenvalue weighted by Crippen LogP contribution is 2.12. The fraction of sp³-hybridized carbons (Fsp3) is 0.125. The molecule has 0 aliphatic carbocycles. The quantitative estimate of drug-likeness (QED) is 0.644. The molecule has 0 saturated carbocycles. The van der Waals surface area contributed by atoms with Crippen LogP contribution in [0.2, 0.25) is 0 Å². The zero-order chi connectivity index (χ0) is 15.2. The van der Waals surface area contributed by atoms with Gasteiger partial charge in [-0.1, -0.05) is 30.3 Å². The number of rotatable bonds is 5. The number of benzene rings is 2. The molecule has 0 aliphatic rings. The smallest absolute Gasteiger partial charge is 0.310 e. The molecule has 0 bridgehead atoms. The third-order valence-corrected chi connectivity index (χ3v) is 3.03. The van der Waals surface area contributed by atoms with Crippen LogP contribution >= 0.6 is 0 Å². The molecular formula is C16H16N2O3. The van der Waals surface area contributed by atoms with Crippen molar-refractivity contribution in [2.75, 3.05) is 5.73 Å². The third-order valence-electron chi connectivity index (χ3n) is 3.03. The van der Waals surface area contributed by atoms with E-state index in [0.717, 1.165) is 11.1 Å². The Hall–Kier alpha value is -2.82. The molecule has 0 radical (unpaired) electrons. The van der Waals surface area contributed by atoms with Crippen LogP contribution in [0.4, 0.5) is 5.69 Å². The number of nitrogen functional groups attached to an aromatic ring is 1. The number of ether oxygens (including phenoxy) is 1. The van der Waals surface area contributed by atoms with Crippen LogP contribution in [0.1, 0.15) is 21.5 Å². The minimum absolute atomic E-state index is 0.131. The van der Waals surface area contributed by atoms with Crippen molar-refractivity contribution in [3.8, 4) is 0 Å². The van der Waals surface area contributed by atoms with Crippen LogP contribution in [0.15, 0.2) is 48.5 Å². The van der Waals surface area contributed by atoms with Gasteiger partial charge in [0.25, 0.3) is 0 Å². The van der Waals surface area contributed by atoms with Crippen LogP contribution in [0.3, 0.4) is 0 Å². The summed E-state index contributed by atoms with van der Waals surface area (Å²) in [4.78, 5) is 22.7. The number of hydrogen-bond donors (Lipinski definition) is 2. The molecular weight excluding hydrogens is 268 g/mol. The van der Waals surface area contributed by atoms with Gasteiger partial charge >= 0.3 is 5.97 Å². The highest BCUT2D eigenvalue weighted by Gasteiger charge is 2.08. The lowest BCUT2D eigenvalue weighted by Crippen LogP contribution is -2.11. The molecule has 21 heavy (non-hydrogen) atoms. The predicted octanol–water partition coefficient (Wildman–Crippen LogP) is 1.65. The average molecular weight is 284 g/mol. The van der Waals surface area contributed by atoms with Crippen LogP contribution in [-0.4, -0.2) is 11.9 Å². The molecule has 0 spiro atoms. The lowest BCUT2D eigenvalue weighted by molar-refractivity contribution is -0.144.